The lowest BCUT2D eigenvalue weighted by Gasteiger charge is -1.98. The van der Waals surface area contributed by atoms with E-state index < -0.39 is 8.09 Å². The van der Waals surface area contributed by atoms with Crippen LogP contribution in [0.2, 0.25) is 0 Å². The minimum absolute atomic E-state index is 1.47. The number of hydrogen-bond donors (Lipinski definition) is 0. The molecule has 0 saturated carbocycles. The fourth-order valence-electron chi connectivity index (χ4n) is 0.103. The molecule has 0 fully saturated rings. The summed E-state index contributed by atoms with van der Waals surface area (Å²) in [5.41, 5.74) is 0. The average Bonchev–Trinajstić information content (AvgIpc) is 1.65. The molecule has 7 heavy (non-hydrogen) atoms. The molecule has 0 aliphatic carbocycles. The van der Waals surface area contributed by atoms with Crippen LogP contribution in [0.15, 0.2) is 4.52 Å². The normalized spacial score (nSPS) is 13.0. The molecule has 0 aliphatic heterocycles. The molecule has 0 radical (unpaired) electrons. The molecule has 0 aromatic heterocycles. The molecule has 2 atom stereocenters. The molecule has 2 unspecified atom stereocenters. The van der Waals surface area contributed by atoms with E-state index in [1.807, 2.05) is 0 Å². The Labute approximate surface area is 46.6 Å². The molecule has 0 rings (SSSR count). The van der Waals surface area contributed by atoms with Crippen LogP contribution in [-0.2, 0) is 0 Å². The molecule has 0 aliphatic rings. The van der Waals surface area contributed by atoms with Crippen molar-refractivity contribution in [3.63, 3.8) is 0 Å². The smallest absolute Gasteiger partial charge is 0.266 e. The molecule has 0 heterocycles. The van der Waals surface area contributed by atoms with Crippen LogP contribution in [0, 0.1) is 0 Å². The Balaban J connectivity index is 3.56. The Kier molecular flexibility index (Phi) is 3.67. The van der Waals surface area contributed by atoms with Crippen molar-refractivity contribution in [3.8, 4) is 0 Å². The zero-order valence-corrected chi connectivity index (χ0v) is 6.38. The number of hydrogen-bond acceptors (Lipinski definition) is 2. The predicted octanol–water partition coefficient (Wildman–Crippen LogP) is 0.194. The molecule has 0 aromatic rings. The van der Waals surface area contributed by atoms with Crippen LogP contribution in [0.5, 0.6) is 0 Å². The minimum Gasteiger partial charge on any atom is -0.594 e. The van der Waals surface area contributed by atoms with Gasteiger partial charge in [0, 0.05) is 23.5 Å². The summed E-state index contributed by atoms with van der Waals surface area (Å²) < 4.78 is 4.98. The van der Waals surface area contributed by atoms with Gasteiger partial charge in [0.25, 0.3) is 8.09 Å². The Morgan fingerprint density at radius 3 is 2.14 bits per heavy atom. The van der Waals surface area contributed by atoms with Crippen LogP contribution in [0.1, 0.15) is 0 Å². The van der Waals surface area contributed by atoms with E-state index in [2.05, 4.69) is 13.9 Å². The second-order valence-electron chi connectivity index (χ2n) is 1.22. The highest BCUT2D eigenvalue weighted by atomic mass is 31.1. The highest BCUT2D eigenvalue weighted by Crippen LogP contribution is 2.18. The van der Waals surface area contributed by atoms with Gasteiger partial charge in [0.15, 0.2) is 0 Å². The van der Waals surface area contributed by atoms with Crippen LogP contribution >= 0.6 is 17.5 Å². The van der Waals surface area contributed by atoms with Crippen molar-refractivity contribution in [1.82, 2.24) is 4.67 Å². The summed E-state index contributed by atoms with van der Waals surface area (Å²) in [5, 5.41) is 0. The first-order valence-corrected chi connectivity index (χ1v) is 3.42. The highest BCUT2D eigenvalue weighted by Gasteiger charge is 1.96. The van der Waals surface area contributed by atoms with Gasteiger partial charge in [-0.1, -0.05) is 4.52 Å². The van der Waals surface area contributed by atoms with E-state index in [9.17, 15) is 4.89 Å². The quantitative estimate of drug-likeness (QED) is 0.485. The highest BCUT2D eigenvalue weighted by molar-refractivity contribution is 7.42. The van der Waals surface area contributed by atoms with E-state index in [-0.39, 0.29) is 0 Å². The second-order valence-corrected chi connectivity index (χ2v) is 3.44. The van der Waals surface area contributed by atoms with Gasteiger partial charge in [0.2, 0.25) is 0 Å². The molecular formula is C2H8N2OP2. The van der Waals surface area contributed by atoms with Crippen LogP contribution in [-0.4, -0.2) is 18.8 Å². The maximum Gasteiger partial charge on any atom is 0.266 e. The lowest BCUT2D eigenvalue weighted by atomic mass is 11.3. The van der Waals surface area contributed by atoms with Gasteiger partial charge >= 0.3 is 0 Å². The summed E-state index contributed by atoms with van der Waals surface area (Å²) in [6.45, 7) is 0. The van der Waals surface area contributed by atoms with Crippen molar-refractivity contribution in [2.45, 2.75) is 0 Å². The zero-order valence-electron chi connectivity index (χ0n) is 4.33. The summed E-state index contributed by atoms with van der Waals surface area (Å²) in [7, 11) is 4.03. The molecule has 0 spiro atoms. The first-order valence-electron chi connectivity index (χ1n) is 1.74. The van der Waals surface area contributed by atoms with E-state index in [0.717, 1.165) is 0 Å². The van der Waals surface area contributed by atoms with Crippen LogP contribution in [0.25, 0.3) is 0 Å². The Morgan fingerprint density at radius 2 is 2.14 bits per heavy atom. The number of rotatable bonds is 1. The summed E-state index contributed by atoms with van der Waals surface area (Å²) in [5.74, 6) is 0. The van der Waals surface area contributed by atoms with Gasteiger partial charge in [-0.2, -0.15) is 0 Å². The van der Waals surface area contributed by atoms with Gasteiger partial charge < -0.3 is 4.89 Å². The number of nitrogens with zero attached hydrogens (tertiary/aromatic N) is 2. The van der Waals surface area contributed by atoms with E-state index in [1.54, 1.807) is 18.8 Å². The molecule has 3 nitrogen and oxygen atoms in total. The first-order chi connectivity index (χ1) is 3.18. The largest absolute Gasteiger partial charge is 0.594 e. The fourth-order valence-corrected chi connectivity index (χ4v) is 0.930. The lowest BCUT2D eigenvalue weighted by Crippen LogP contribution is -2.06. The molecule has 0 aromatic carbocycles. The third kappa shape index (κ3) is 3.07. The molecule has 0 N–H and O–H groups in total. The van der Waals surface area contributed by atoms with Gasteiger partial charge in [0.05, 0.1) is 0 Å². The summed E-state index contributed by atoms with van der Waals surface area (Å²) in [6, 6.07) is 0. The molecule has 0 saturated heterocycles. The SMILES string of the molecule is CN(C)[P+]([O-])=NP. The summed E-state index contributed by atoms with van der Waals surface area (Å²) in [6.07, 6.45) is 0. The molecule has 0 bridgehead atoms. The lowest BCUT2D eigenvalue weighted by molar-refractivity contribution is -0.163. The average molecular weight is 138 g/mol. The summed E-state index contributed by atoms with van der Waals surface area (Å²) in [4.78, 5) is 10.4. The van der Waals surface area contributed by atoms with Gasteiger partial charge in [-0.05, 0) is 0 Å². The predicted molar refractivity (Wildman–Crippen MR) is 32.7 cm³/mol. The second kappa shape index (κ2) is 3.45. The van der Waals surface area contributed by atoms with Gasteiger partial charge in [-0.25, -0.2) is 0 Å². The van der Waals surface area contributed by atoms with Crippen molar-refractivity contribution >= 4 is 17.5 Å². The van der Waals surface area contributed by atoms with Crippen molar-refractivity contribution in [1.29, 1.82) is 0 Å². The van der Waals surface area contributed by atoms with E-state index >= 15 is 0 Å². The summed E-state index contributed by atoms with van der Waals surface area (Å²) >= 11 is 0. The standard InChI is InChI=1S/C2H8N2OP2/c1-4(2)7(5)3-6/h6H2,1-2H3. The Morgan fingerprint density at radius 1 is 1.71 bits per heavy atom. The van der Waals surface area contributed by atoms with Gasteiger partial charge in [0.1, 0.15) is 0 Å². The Hall–Kier alpha value is 0.450. The third-order valence-corrected chi connectivity index (χ3v) is 1.92. The molecule has 0 amide bonds. The monoisotopic (exact) mass is 138 g/mol. The maximum absolute atomic E-state index is 10.4. The molecule has 42 valence electrons. The van der Waals surface area contributed by atoms with E-state index in [1.165, 1.54) is 0 Å². The minimum atomic E-state index is -1.47. The van der Waals surface area contributed by atoms with E-state index in [4.69, 9.17) is 0 Å². The zero-order chi connectivity index (χ0) is 5.86. The topological polar surface area (TPSA) is 38.7 Å². The van der Waals surface area contributed by atoms with Crippen LogP contribution in [0.4, 0.5) is 0 Å². The first kappa shape index (κ1) is 7.45. The van der Waals surface area contributed by atoms with Crippen molar-refractivity contribution in [3.05, 3.63) is 0 Å². The van der Waals surface area contributed by atoms with Gasteiger partial charge in [-0.15, -0.1) is 4.67 Å². The molecular weight excluding hydrogens is 130 g/mol. The van der Waals surface area contributed by atoms with Crippen LogP contribution in [0.3, 0.4) is 0 Å². The fraction of sp³-hybridized carbons (Fsp3) is 1.00. The van der Waals surface area contributed by atoms with Gasteiger partial charge in [-0.3, -0.25) is 0 Å². The van der Waals surface area contributed by atoms with Crippen molar-refractivity contribution in [2.75, 3.05) is 14.1 Å². The third-order valence-electron chi connectivity index (χ3n) is 0.441. The van der Waals surface area contributed by atoms with Crippen LogP contribution < -0.4 is 4.89 Å². The van der Waals surface area contributed by atoms with Crippen molar-refractivity contribution < 1.29 is 4.89 Å². The Bertz CT molecular complexity index is 81.8. The van der Waals surface area contributed by atoms with Crippen molar-refractivity contribution in [2.24, 2.45) is 4.52 Å². The molecule has 5 heteroatoms. The maximum atomic E-state index is 10.4. The van der Waals surface area contributed by atoms with E-state index in [0.29, 0.717) is 0 Å².